The molecule has 7 nitrogen and oxygen atoms in total. The normalized spacial score (nSPS) is 13.1. The van der Waals surface area contributed by atoms with Crippen LogP contribution in [0.3, 0.4) is 0 Å². The summed E-state index contributed by atoms with van der Waals surface area (Å²) >= 11 is 6.06. The van der Waals surface area contributed by atoms with Gasteiger partial charge in [-0.2, -0.15) is 0 Å². The summed E-state index contributed by atoms with van der Waals surface area (Å²) in [7, 11) is 0. The molecule has 0 aliphatic carbocycles. The molecule has 2 N–H and O–H groups in total. The van der Waals surface area contributed by atoms with Gasteiger partial charge in [0.15, 0.2) is 11.4 Å². The van der Waals surface area contributed by atoms with Crippen molar-refractivity contribution < 1.29 is 23.5 Å². The smallest absolute Gasteiger partial charge is 0.278 e. The summed E-state index contributed by atoms with van der Waals surface area (Å²) in [5, 5.41) is 13.5. The van der Waals surface area contributed by atoms with Gasteiger partial charge in [-0.25, -0.2) is 8.78 Å². The standard InChI is InChI=1S/C24H20ClF2N3O4/c1-2-13-9-15(25)4-6-19(13)30-8-7-29-12-17(21(31)22(32)20(29)24(30)34)23(33)28-11-14-3-5-16(26)10-18(14)27/h3-6,9-10,12,32H,2,7-8,11H2,1H3,(H,28,33). The second-order valence-electron chi connectivity index (χ2n) is 7.76. The number of aryl methyl sites for hydroxylation is 1. The van der Waals surface area contributed by atoms with Crippen molar-refractivity contribution in [3.05, 3.63) is 91.9 Å². The summed E-state index contributed by atoms with van der Waals surface area (Å²) in [5.41, 5.74) is -0.165. The molecule has 2 amide bonds. The summed E-state index contributed by atoms with van der Waals surface area (Å²) in [6.07, 6.45) is 1.82. The van der Waals surface area contributed by atoms with Gasteiger partial charge in [-0.05, 0) is 36.2 Å². The molecule has 0 bridgehead atoms. The van der Waals surface area contributed by atoms with Crippen molar-refractivity contribution in [3.63, 3.8) is 0 Å². The third-order valence-corrected chi connectivity index (χ3v) is 5.92. The number of rotatable bonds is 5. The highest BCUT2D eigenvalue weighted by Crippen LogP contribution is 2.30. The molecule has 1 aliphatic rings. The van der Waals surface area contributed by atoms with Crippen LogP contribution in [0.25, 0.3) is 0 Å². The fourth-order valence-electron chi connectivity index (χ4n) is 3.92. The highest BCUT2D eigenvalue weighted by molar-refractivity contribution is 6.30. The van der Waals surface area contributed by atoms with E-state index in [1.807, 2.05) is 6.92 Å². The van der Waals surface area contributed by atoms with E-state index >= 15 is 0 Å². The second kappa shape index (κ2) is 9.26. The Hall–Kier alpha value is -3.72. The van der Waals surface area contributed by atoms with Crippen molar-refractivity contribution in [1.29, 1.82) is 0 Å². The van der Waals surface area contributed by atoms with Crippen molar-refractivity contribution in [3.8, 4) is 5.75 Å². The summed E-state index contributed by atoms with van der Waals surface area (Å²) in [6, 6.07) is 8.03. The fraction of sp³-hybridized carbons (Fsp3) is 0.208. The lowest BCUT2D eigenvalue weighted by Crippen LogP contribution is -2.43. The molecule has 176 valence electrons. The fourth-order valence-corrected chi connectivity index (χ4v) is 4.11. The lowest BCUT2D eigenvalue weighted by atomic mass is 10.1. The molecule has 0 atom stereocenters. The molecule has 1 aromatic heterocycles. The lowest BCUT2D eigenvalue weighted by molar-refractivity contribution is 0.0935. The van der Waals surface area contributed by atoms with Gasteiger partial charge in [-0.1, -0.05) is 24.6 Å². The molecule has 2 aromatic carbocycles. The number of carbonyl (C=O) groups is 2. The van der Waals surface area contributed by atoms with E-state index in [4.69, 9.17) is 11.6 Å². The number of anilines is 1. The number of benzene rings is 2. The molecule has 0 saturated heterocycles. The third kappa shape index (κ3) is 4.26. The number of aromatic nitrogens is 1. The van der Waals surface area contributed by atoms with Crippen molar-refractivity contribution in [1.82, 2.24) is 9.88 Å². The first-order chi connectivity index (χ1) is 16.2. The van der Waals surface area contributed by atoms with Crippen LogP contribution in [-0.2, 0) is 19.5 Å². The molecule has 0 fully saturated rings. The molecule has 2 heterocycles. The number of hydrogen-bond donors (Lipinski definition) is 2. The minimum Gasteiger partial charge on any atom is -0.503 e. The molecule has 0 saturated carbocycles. The van der Waals surface area contributed by atoms with Gasteiger partial charge in [-0.15, -0.1) is 0 Å². The molecule has 1 aliphatic heterocycles. The molecule has 0 radical (unpaired) electrons. The predicted octanol–water partition coefficient (Wildman–Crippen LogP) is 3.64. The van der Waals surface area contributed by atoms with Crippen molar-refractivity contribution in [2.45, 2.75) is 26.4 Å². The van der Waals surface area contributed by atoms with Gasteiger partial charge >= 0.3 is 0 Å². The first-order valence-corrected chi connectivity index (χ1v) is 10.9. The van der Waals surface area contributed by atoms with Crippen LogP contribution < -0.4 is 15.6 Å². The largest absolute Gasteiger partial charge is 0.503 e. The number of nitrogens with one attached hydrogen (secondary N) is 1. The lowest BCUT2D eigenvalue weighted by Gasteiger charge is -2.31. The number of nitrogens with zero attached hydrogens (tertiary/aromatic N) is 2. The van der Waals surface area contributed by atoms with Crippen LogP contribution in [0.15, 0.2) is 47.4 Å². The number of fused-ring (bicyclic) bond motifs is 1. The van der Waals surface area contributed by atoms with Crippen LogP contribution in [0.5, 0.6) is 5.75 Å². The Labute approximate surface area is 198 Å². The Morgan fingerprint density at radius 2 is 1.88 bits per heavy atom. The zero-order chi connectivity index (χ0) is 24.6. The maximum atomic E-state index is 13.8. The molecule has 10 heteroatoms. The number of carbonyl (C=O) groups excluding carboxylic acids is 2. The molecule has 34 heavy (non-hydrogen) atoms. The Morgan fingerprint density at radius 3 is 2.59 bits per heavy atom. The predicted molar refractivity (Wildman–Crippen MR) is 122 cm³/mol. The summed E-state index contributed by atoms with van der Waals surface area (Å²) in [4.78, 5) is 40.0. The third-order valence-electron chi connectivity index (χ3n) is 5.68. The van der Waals surface area contributed by atoms with Crippen LogP contribution in [0.2, 0.25) is 5.02 Å². The summed E-state index contributed by atoms with van der Waals surface area (Å²) in [5.74, 6) is -3.89. The zero-order valence-corrected chi connectivity index (χ0v) is 18.8. The zero-order valence-electron chi connectivity index (χ0n) is 18.1. The topological polar surface area (TPSA) is 91.6 Å². The second-order valence-corrected chi connectivity index (χ2v) is 8.20. The molecule has 3 aromatic rings. The van der Waals surface area contributed by atoms with Gasteiger partial charge < -0.3 is 19.9 Å². The SMILES string of the molecule is CCc1cc(Cl)ccc1N1CCn2cc(C(=O)NCc3ccc(F)cc3F)c(=O)c(O)c2C1=O. The van der Waals surface area contributed by atoms with Crippen molar-refractivity contribution >= 4 is 29.1 Å². The van der Waals surface area contributed by atoms with E-state index in [2.05, 4.69) is 5.32 Å². The average molecular weight is 488 g/mol. The van der Waals surface area contributed by atoms with Crippen molar-refractivity contribution in [2.75, 3.05) is 11.4 Å². The highest BCUT2D eigenvalue weighted by atomic mass is 35.5. The van der Waals surface area contributed by atoms with E-state index in [0.717, 1.165) is 11.6 Å². The van der Waals surface area contributed by atoms with Crippen LogP contribution >= 0.6 is 11.6 Å². The van der Waals surface area contributed by atoms with Gasteiger partial charge in [0.25, 0.3) is 11.8 Å². The van der Waals surface area contributed by atoms with Gasteiger partial charge in [-0.3, -0.25) is 14.4 Å². The van der Waals surface area contributed by atoms with E-state index in [-0.39, 0.29) is 30.9 Å². The Bertz CT molecular complexity index is 1370. The van der Waals surface area contributed by atoms with Crippen LogP contribution in [0.1, 0.15) is 38.9 Å². The summed E-state index contributed by atoms with van der Waals surface area (Å²) in [6.45, 7) is 2.08. The van der Waals surface area contributed by atoms with Crippen LogP contribution in [-0.4, -0.2) is 28.0 Å². The molecular weight excluding hydrogens is 468 g/mol. The van der Waals surface area contributed by atoms with Crippen molar-refractivity contribution in [2.24, 2.45) is 0 Å². The van der Waals surface area contributed by atoms with E-state index in [1.165, 1.54) is 21.7 Å². The Balaban J connectivity index is 1.62. The van der Waals surface area contributed by atoms with E-state index < -0.39 is 40.2 Å². The van der Waals surface area contributed by atoms with Gasteiger partial charge in [0.05, 0.1) is 0 Å². The first kappa shape index (κ1) is 23.4. The van der Waals surface area contributed by atoms with E-state index in [1.54, 1.807) is 18.2 Å². The molecular formula is C24H20ClF2N3O4. The summed E-state index contributed by atoms with van der Waals surface area (Å²) < 4.78 is 28.2. The quantitative estimate of drug-likeness (QED) is 0.575. The highest BCUT2D eigenvalue weighted by Gasteiger charge is 2.32. The van der Waals surface area contributed by atoms with E-state index in [9.17, 15) is 28.3 Å². The number of aromatic hydroxyl groups is 1. The molecule has 4 rings (SSSR count). The number of hydrogen-bond acceptors (Lipinski definition) is 4. The maximum Gasteiger partial charge on any atom is 0.278 e. The van der Waals surface area contributed by atoms with E-state index in [0.29, 0.717) is 23.2 Å². The van der Waals surface area contributed by atoms with Gasteiger partial charge in [0.1, 0.15) is 17.2 Å². The van der Waals surface area contributed by atoms with Gasteiger partial charge in [0, 0.05) is 48.2 Å². The minimum absolute atomic E-state index is 0.0255. The Morgan fingerprint density at radius 1 is 1.12 bits per heavy atom. The number of pyridine rings is 1. The maximum absolute atomic E-state index is 13.8. The molecule has 0 spiro atoms. The van der Waals surface area contributed by atoms with Gasteiger partial charge in [0.2, 0.25) is 5.43 Å². The first-order valence-electron chi connectivity index (χ1n) is 10.5. The monoisotopic (exact) mass is 487 g/mol. The minimum atomic E-state index is -1.02. The number of amides is 2. The van der Waals surface area contributed by atoms with Crippen LogP contribution in [0.4, 0.5) is 14.5 Å². The Kier molecular flexibility index (Phi) is 6.39. The molecule has 0 unspecified atom stereocenters. The number of halogens is 3. The average Bonchev–Trinajstić information content (AvgIpc) is 2.80. The van der Waals surface area contributed by atoms with Crippen LogP contribution in [0, 0.1) is 11.6 Å².